The van der Waals surface area contributed by atoms with Crippen LogP contribution in [0, 0.1) is 0 Å². The molecule has 0 heterocycles. The lowest BCUT2D eigenvalue weighted by molar-refractivity contribution is 0.311. The Hall–Kier alpha value is -1.79. The maximum absolute atomic E-state index is 8.56. The van der Waals surface area contributed by atoms with Crippen LogP contribution in [0.15, 0.2) is 29.4 Å². The van der Waals surface area contributed by atoms with E-state index in [1.54, 1.807) is 24.3 Å². The van der Waals surface area contributed by atoms with Gasteiger partial charge in [-0.15, -0.1) is 0 Å². The molecule has 0 saturated heterocycles. The Balaban J connectivity index is 2.16. The fourth-order valence-corrected chi connectivity index (χ4v) is 1.67. The summed E-state index contributed by atoms with van der Waals surface area (Å²) in [6.45, 7) is 3.51. The highest BCUT2D eigenvalue weighted by Crippen LogP contribution is 2.11. The molecule has 0 amide bonds. The number of rotatable bonds is 9. The summed E-state index contributed by atoms with van der Waals surface area (Å²) in [5.41, 5.74) is 6.15. The third-order valence-corrected chi connectivity index (χ3v) is 2.76. The molecule has 6 nitrogen and oxygen atoms in total. The van der Waals surface area contributed by atoms with Gasteiger partial charge in [-0.05, 0) is 57.9 Å². The second kappa shape index (κ2) is 9.17. The number of nitrogens with one attached hydrogen (secondary N) is 1. The molecule has 6 heteroatoms. The van der Waals surface area contributed by atoms with E-state index in [9.17, 15) is 0 Å². The van der Waals surface area contributed by atoms with Crippen LogP contribution in [0.5, 0.6) is 5.75 Å². The van der Waals surface area contributed by atoms with Crippen LogP contribution in [0.4, 0.5) is 0 Å². The third-order valence-electron chi connectivity index (χ3n) is 2.76. The maximum atomic E-state index is 8.56. The SMILES string of the molecule is CN(C)CCCNCCOc1ccc(C(N)=NO)cc1. The zero-order valence-electron chi connectivity index (χ0n) is 12.2. The second-order valence-electron chi connectivity index (χ2n) is 4.76. The number of nitrogens with zero attached hydrogens (tertiary/aromatic N) is 2. The summed E-state index contributed by atoms with van der Waals surface area (Å²) in [5, 5.41) is 14.8. The number of benzene rings is 1. The van der Waals surface area contributed by atoms with E-state index < -0.39 is 0 Å². The number of amidine groups is 1. The van der Waals surface area contributed by atoms with Crippen molar-refractivity contribution in [2.45, 2.75) is 6.42 Å². The Morgan fingerprint density at radius 2 is 2.00 bits per heavy atom. The number of ether oxygens (including phenoxy) is 1. The predicted molar refractivity (Wildman–Crippen MR) is 80.5 cm³/mol. The Kier molecular flexibility index (Phi) is 7.46. The van der Waals surface area contributed by atoms with Crippen molar-refractivity contribution in [3.63, 3.8) is 0 Å². The van der Waals surface area contributed by atoms with Crippen molar-refractivity contribution in [1.29, 1.82) is 0 Å². The van der Waals surface area contributed by atoms with Gasteiger partial charge in [0, 0.05) is 12.1 Å². The van der Waals surface area contributed by atoms with Crippen LogP contribution in [0.1, 0.15) is 12.0 Å². The molecule has 0 radical (unpaired) electrons. The van der Waals surface area contributed by atoms with Crippen LogP contribution >= 0.6 is 0 Å². The molecule has 0 unspecified atom stereocenters. The lowest BCUT2D eigenvalue weighted by Crippen LogP contribution is -2.25. The molecule has 112 valence electrons. The predicted octanol–water partition coefficient (Wildman–Crippen LogP) is 0.701. The minimum atomic E-state index is 0.0964. The topological polar surface area (TPSA) is 83.1 Å². The van der Waals surface area contributed by atoms with Crippen molar-refractivity contribution >= 4 is 5.84 Å². The van der Waals surface area contributed by atoms with Gasteiger partial charge in [-0.1, -0.05) is 5.16 Å². The first-order valence-corrected chi connectivity index (χ1v) is 6.69. The van der Waals surface area contributed by atoms with Crippen LogP contribution < -0.4 is 15.8 Å². The summed E-state index contributed by atoms with van der Waals surface area (Å²) >= 11 is 0. The van der Waals surface area contributed by atoms with Gasteiger partial charge in [0.15, 0.2) is 5.84 Å². The average molecular weight is 280 g/mol. The smallest absolute Gasteiger partial charge is 0.170 e. The Bertz CT molecular complexity index is 404. The van der Waals surface area contributed by atoms with E-state index in [-0.39, 0.29) is 5.84 Å². The first kappa shape index (κ1) is 16.3. The Labute approximate surface area is 120 Å². The van der Waals surface area contributed by atoms with Gasteiger partial charge in [-0.2, -0.15) is 0 Å². The van der Waals surface area contributed by atoms with Gasteiger partial charge >= 0.3 is 0 Å². The Morgan fingerprint density at radius 3 is 2.60 bits per heavy atom. The molecular formula is C14H24N4O2. The van der Waals surface area contributed by atoms with Crippen LogP contribution in [0.2, 0.25) is 0 Å². The highest BCUT2D eigenvalue weighted by Gasteiger charge is 1.99. The normalized spacial score (nSPS) is 11.8. The van der Waals surface area contributed by atoms with Crippen LogP contribution in [-0.2, 0) is 0 Å². The zero-order valence-corrected chi connectivity index (χ0v) is 12.2. The Morgan fingerprint density at radius 1 is 1.30 bits per heavy atom. The summed E-state index contributed by atoms with van der Waals surface area (Å²) in [6, 6.07) is 7.13. The molecule has 0 saturated carbocycles. The first-order chi connectivity index (χ1) is 9.63. The highest BCUT2D eigenvalue weighted by molar-refractivity contribution is 5.97. The van der Waals surface area contributed by atoms with E-state index in [2.05, 4.69) is 29.5 Å². The fourth-order valence-electron chi connectivity index (χ4n) is 1.67. The molecule has 1 aromatic rings. The van der Waals surface area contributed by atoms with Crippen LogP contribution in [0.3, 0.4) is 0 Å². The summed E-state index contributed by atoms with van der Waals surface area (Å²) < 4.78 is 5.59. The number of hydrogen-bond acceptors (Lipinski definition) is 5. The molecule has 20 heavy (non-hydrogen) atoms. The van der Waals surface area contributed by atoms with E-state index in [1.807, 2.05) is 0 Å². The molecule has 4 N–H and O–H groups in total. The molecular weight excluding hydrogens is 256 g/mol. The van der Waals surface area contributed by atoms with Crippen LogP contribution in [0.25, 0.3) is 0 Å². The van der Waals surface area contributed by atoms with Gasteiger partial charge in [0.05, 0.1) is 0 Å². The molecule has 0 aliphatic carbocycles. The lowest BCUT2D eigenvalue weighted by Gasteiger charge is -2.10. The maximum Gasteiger partial charge on any atom is 0.170 e. The van der Waals surface area contributed by atoms with Crippen molar-refractivity contribution in [1.82, 2.24) is 10.2 Å². The molecule has 1 rings (SSSR count). The van der Waals surface area contributed by atoms with Gasteiger partial charge in [-0.25, -0.2) is 0 Å². The molecule has 0 atom stereocenters. The molecule has 0 aliphatic rings. The average Bonchev–Trinajstić information content (AvgIpc) is 2.45. The number of hydrogen-bond donors (Lipinski definition) is 3. The van der Waals surface area contributed by atoms with E-state index in [1.165, 1.54) is 0 Å². The van der Waals surface area contributed by atoms with Gasteiger partial charge in [0.25, 0.3) is 0 Å². The quantitative estimate of drug-likeness (QED) is 0.204. The van der Waals surface area contributed by atoms with Crippen molar-refractivity contribution in [3.05, 3.63) is 29.8 Å². The van der Waals surface area contributed by atoms with Gasteiger partial charge in [-0.3, -0.25) is 0 Å². The molecule has 0 fully saturated rings. The van der Waals surface area contributed by atoms with Gasteiger partial charge < -0.3 is 25.9 Å². The lowest BCUT2D eigenvalue weighted by atomic mass is 10.2. The minimum absolute atomic E-state index is 0.0964. The van der Waals surface area contributed by atoms with Crippen molar-refractivity contribution in [2.75, 3.05) is 40.3 Å². The van der Waals surface area contributed by atoms with E-state index >= 15 is 0 Å². The summed E-state index contributed by atoms with van der Waals surface area (Å²) in [7, 11) is 4.14. The summed E-state index contributed by atoms with van der Waals surface area (Å²) in [5.74, 6) is 0.869. The standard InChI is InChI=1S/C14H24N4O2/c1-18(2)10-3-8-16-9-11-20-13-6-4-12(5-7-13)14(15)17-19/h4-7,16,19H,3,8-11H2,1-2H3,(H2,15,17). The van der Waals surface area contributed by atoms with E-state index in [4.69, 9.17) is 15.7 Å². The molecule has 1 aromatic carbocycles. The molecule has 0 spiro atoms. The summed E-state index contributed by atoms with van der Waals surface area (Å²) in [4.78, 5) is 2.17. The largest absolute Gasteiger partial charge is 0.492 e. The summed E-state index contributed by atoms with van der Waals surface area (Å²) in [6.07, 6.45) is 1.13. The van der Waals surface area contributed by atoms with Gasteiger partial charge in [0.2, 0.25) is 0 Å². The molecule has 0 aromatic heterocycles. The van der Waals surface area contributed by atoms with Crippen molar-refractivity contribution < 1.29 is 9.94 Å². The van der Waals surface area contributed by atoms with Gasteiger partial charge in [0.1, 0.15) is 12.4 Å². The minimum Gasteiger partial charge on any atom is -0.492 e. The van der Waals surface area contributed by atoms with E-state index in [0.717, 1.165) is 31.8 Å². The van der Waals surface area contributed by atoms with E-state index in [0.29, 0.717) is 12.2 Å². The number of nitrogens with two attached hydrogens (primary N) is 1. The third kappa shape index (κ3) is 6.40. The second-order valence-corrected chi connectivity index (χ2v) is 4.76. The fraction of sp³-hybridized carbons (Fsp3) is 0.500. The zero-order chi connectivity index (χ0) is 14.8. The monoisotopic (exact) mass is 280 g/mol. The molecule has 0 bridgehead atoms. The number of oxime groups is 1. The van der Waals surface area contributed by atoms with Crippen molar-refractivity contribution in [2.24, 2.45) is 10.9 Å². The first-order valence-electron chi connectivity index (χ1n) is 6.69. The van der Waals surface area contributed by atoms with Crippen molar-refractivity contribution in [3.8, 4) is 5.75 Å². The molecule has 0 aliphatic heterocycles. The highest BCUT2D eigenvalue weighted by atomic mass is 16.5. The van der Waals surface area contributed by atoms with Crippen LogP contribution in [-0.4, -0.2) is 56.3 Å².